The van der Waals surface area contributed by atoms with Gasteiger partial charge in [-0.15, -0.1) is 0 Å². The van der Waals surface area contributed by atoms with Crippen molar-refractivity contribution in [1.29, 1.82) is 0 Å². The number of hydrogen-bond donors (Lipinski definition) is 3. The average molecular weight is 486 g/mol. The third kappa shape index (κ3) is 5.29. The van der Waals surface area contributed by atoms with Gasteiger partial charge in [0, 0.05) is 19.4 Å². The Morgan fingerprint density at radius 2 is 1.82 bits per heavy atom. The molecule has 11 heteroatoms. The Kier molecular flexibility index (Phi) is 6.69. The van der Waals surface area contributed by atoms with Gasteiger partial charge in [0.05, 0.1) is 22.8 Å². The number of hydrogen-bond acceptors (Lipinski definition) is 5. The third-order valence-corrected chi connectivity index (χ3v) is 5.14. The molecule has 0 fully saturated rings. The van der Waals surface area contributed by atoms with Crippen molar-refractivity contribution in [3.05, 3.63) is 99.4 Å². The summed E-state index contributed by atoms with van der Waals surface area (Å²) in [5, 5.41) is 11.2. The monoisotopic (exact) mass is 485 g/mol. The van der Waals surface area contributed by atoms with Crippen LogP contribution in [0.4, 0.5) is 14.6 Å². The number of H-pyrrole nitrogens is 1. The SMILES string of the molecule is Cc1nc(Cc2ccccc2)c(CNC(=O)c2cc(NC(=O)c3cc(F)c(F)cc3Cl)[nH]n2)o1. The van der Waals surface area contributed by atoms with E-state index in [4.69, 9.17) is 16.0 Å². The van der Waals surface area contributed by atoms with Gasteiger partial charge in [-0.1, -0.05) is 41.9 Å². The molecule has 2 amide bonds. The maximum absolute atomic E-state index is 13.4. The molecule has 4 aromatic rings. The number of nitrogens with one attached hydrogen (secondary N) is 3. The Morgan fingerprint density at radius 3 is 2.59 bits per heavy atom. The van der Waals surface area contributed by atoms with Crippen LogP contribution in [0, 0.1) is 18.6 Å². The van der Waals surface area contributed by atoms with E-state index in [1.54, 1.807) is 6.92 Å². The smallest absolute Gasteiger partial charge is 0.272 e. The summed E-state index contributed by atoms with van der Waals surface area (Å²) in [7, 11) is 0. The van der Waals surface area contributed by atoms with Gasteiger partial charge in [0.15, 0.2) is 23.2 Å². The molecule has 0 aliphatic rings. The Bertz CT molecular complexity index is 1350. The Labute approximate surface area is 197 Å². The fourth-order valence-electron chi connectivity index (χ4n) is 3.22. The average Bonchev–Trinajstić information content (AvgIpc) is 3.41. The topological polar surface area (TPSA) is 113 Å². The van der Waals surface area contributed by atoms with Crippen molar-refractivity contribution < 1.29 is 22.8 Å². The first kappa shape index (κ1) is 23.1. The van der Waals surface area contributed by atoms with Gasteiger partial charge in [-0.3, -0.25) is 14.7 Å². The first-order valence-corrected chi connectivity index (χ1v) is 10.5. The zero-order valence-electron chi connectivity index (χ0n) is 17.8. The lowest BCUT2D eigenvalue weighted by molar-refractivity contribution is 0.0942. The number of carbonyl (C=O) groups is 2. The molecule has 0 saturated heterocycles. The molecule has 34 heavy (non-hydrogen) atoms. The van der Waals surface area contributed by atoms with E-state index in [0.717, 1.165) is 5.56 Å². The second kappa shape index (κ2) is 9.84. The second-order valence-corrected chi connectivity index (χ2v) is 7.72. The molecule has 2 heterocycles. The summed E-state index contributed by atoms with van der Waals surface area (Å²) in [5.74, 6) is -2.65. The van der Waals surface area contributed by atoms with Crippen molar-refractivity contribution >= 4 is 29.2 Å². The third-order valence-electron chi connectivity index (χ3n) is 4.82. The Hall–Kier alpha value is -4.05. The number of amides is 2. The van der Waals surface area contributed by atoms with Crippen LogP contribution in [-0.4, -0.2) is 27.0 Å². The second-order valence-electron chi connectivity index (χ2n) is 7.31. The lowest BCUT2D eigenvalue weighted by Gasteiger charge is -2.05. The molecule has 3 N–H and O–H groups in total. The zero-order valence-corrected chi connectivity index (χ0v) is 18.5. The van der Waals surface area contributed by atoms with Crippen molar-refractivity contribution in [2.75, 3.05) is 5.32 Å². The first-order valence-electron chi connectivity index (χ1n) is 10.1. The molecule has 0 aliphatic carbocycles. The van der Waals surface area contributed by atoms with Gasteiger partial charge in [0.25, 0.3) is 11.8 Å². The van der Waals surface area contributed by atoms with E-state index in [1.165, 1.54) is 6.07 Å². The molecule has 0 spiro atoms. The molecule has 0 bridgehead atoms. The molecule has 0 atom stereocenters. The largest absolute Gasteiger partial charge is 0.444 e. The van der Waals surface area contributed by atoms with Crippen molar-refractivity contribution in [3.63, 3.8) is 0 Å². The number of rotatable bonds is 7. The van der Waals surface area contributed by atoms with Crippen molar-refractivity contribution in [3.8, 4) is 0 Å². The Balaban J connectivity index is 1.39. The van der Waals surface area contributed by atoms with Crippen LogP contribution in [0.25, 0.3) is 0 Å². The minimum Gasteiger partial charge on any atom is -0.444 e. The molecule has 0 aliphatic heterocycles. The number of aryl methyl sites for hydroxylation is 1. The van der Waals surface area contributed by atoms with E-state index in [-0.39, 0.29) is 28.6 Å². The van der Waals surface area contributed by atoms with Gasteiger partial charge < -0.3 is 15.1 Å². The number of halogens is 3. The van der Waals surface area contributed by atoms with Gasteiger partial charge in [-0.2, -0.15) is 5.10 Å². The minimum absolute atomic E-state index is 0.00692. The fraction of sp³-hybridized carbons (Fsp3) is 0.130. The summed E-state index contributed by atoms with van der Waals surface area (Å²) >= 11 is 5.81. The summed E-state index contributed by atoms with van der Waals surface area (Å²) in [6.45, 7) is 1.81. The summed E-state index contributed by atoms with van der Waals surface area (Å²) in [6, 6.07) is 12.4. The van der Waals surface area contributed by atoms with Crippen LogP contribution in [0.5, 0.6) is 0 Å². The fourth-order valence-corrected chi connectivity index (χ4v) is 3.45. The lowest BCUT2D eigenvalue weighted by atomic mass is 10.1. The van der Waals surface area contributed by atoms with E-state index in [2.05, 4.69) is 25.8 Å². The van der Waals surface area contributed by atoms with Crippen LogP contribution in [0.3, 0.4) is 0 Å². The lowest BCUT2D eigenvalue weighted by Crippen LogP contribution is -2.23. The van der Waals surface area contributed by atoms with Gasteiger partial charge in [0.1, 0.15) is 11.6 Å². The van der Waals surface area contributed by atoms with Crippen LogP contribution in [-0.2, 0) is 13.0 Å². The minimum atomic E-state index is -1.21. The summed E-state index contributed by atoms with van der Waals surface area (Å²) in [6.07, 6.45) is 0.550. The van der Waals surface area contributed by atoms with Gasteiger partial charge in [-0.25, -0.2) is 13.8 Å². The van der Waals surface area contributed by atoms with Gasteiger partial charge >= 0.3 is 0 Å². The molecule has 0 radical (unpaired) electrons. The molecule has 0 unspecified atom stereocenters. The summed E-state index contributed by atoms with van der Waals surface area (Å²) in [5.41, 5.74) is 1.49. The number of nitrogens with zero attached hydrogens (tertiary/aromatic N) is 2. The molecular weight excluding hydrogens is 468 g/mol. The molecule has 174 valence electrons. The van der Waals surface area contributed by atoms with Gasteiger partial charge in [-0.05, 0) is 17.7 Å². The molecule has 4 rings (SSSR count). The van der Waals surface area contributed by atoms with E-state index in [0.29, 0.717) is 35.9 Å². The molecule has 8 nitrogen and oxygen atoms in total. The van der Waals surface area contributed by atoms with E-state index < -0.39 is 23.4 Å². The molecule has 2 aromatic carbocycles. The molecular formula is C23H18ClF2N5O3. The van der Waals surface area contributed by atoms with E-state index >= 15 is 0 Å². The number of benzene rings is 2. The van der Waals surface area contributed by atoms with Crippen LogP contribution in [0.15, 0.2) is 52.9 Å². The summed E-state index contributed by atoms with van der Waals surface area (Å²) < 4.78 is 32.3. The standard InChI is InChI=1S/C23H18ClF2N5O3/c1-12-28-18(7-13-5-3-2-4-6-13)20(34-12)11-27-23(33)19-10-21(31-30-19)29-22(32)14-8-16(25)17(26)9-15(14)24/h2-6,8-10H,7,11H2,1H3,(H,27,33)(H2,29,30,31,32). The predicted octanol–water partition coefficient (Wildman–Crippen LogP) is 4.41. The van der Waals surface area contributed by atoms with Crippen LogP contribution >= 0.6 is 11.6 Å². The highest BCUT2D eigenvalue weighted by atomic mass is 35.5. The van der Waals surface area contributed by atoms with E-state index in [9.17, 15) is 18.4 Å². The van der Waals surface area contributed by atoms with Crippen molar-refractivity contribution in [1.82, 2.24) is 20.5 Å². The van der Waals surface area contributed by atoms with Crippen LogP contribution in [0.1, 0.15) is 43.8 Å². The summed E-state index contributed by atoms with van der Waals surface area (Å²) in [4.78, 5) is 29.2. The Morgan fingerprint density at radius 1 is 1.09 bits per heavy atom. The quantitative estimate of drug-likeness (QED) is 0.336. The highest BCUT2D eigenvalue weighted by molar-refractivity contribution is 6.34. The van der Waals surface area contributed by atoms with Crippen molar-refractivity contribution in [2.45, 2.75) is 19.9 Å². The molecule has 0 saturated carbocycles. The van der Waals surface area contributed by atoms with Crippen LogP contribution in [0.2, 0.25) is 5.02 Å². The first-order chi connectivity index (χ1) is 16.3. The van der Waals surface area contributed by atoms with Crippen molar-refractivity contribution in [2.24, 2.45) is 0 Å². The zero-order chi connectivity index (χ0) is 24.2. The number of aromatic amines is 1. The maximum atomic E-state index is 13.4. The number of aromatic nitrogens is 3. The highest BCUT2D eigenvalue weighted by Gasteiger charge is 2.18. The number of oxazole rings is 1. The van der Waals surface area contributed by atoms with E-state index in [1.807, 2.05) is 30.3 Å². The normalized spacial score (nSPS) is 10.8. The number of anilines is 1. The highest BCUT2D eigenvalue weighted by Crippen LogP contribution is 2.21. The maximum Gasteiger partial charge on any atom is 0.272 e. The number of carbonyl (C=O) groups excluding carboxylic acids is 2. The van der Waals surface area contributed by atoms with Gasteiger partial charge in [0.2, 0.25) is 0 Å². The predicted molar refractivity (Wildman–Crippen MR) is 120 cm³/mol. The van der Waals surface area contributed by atoms with Crippen LogP contribution < -0.4 is 10.6 Å². The molecule has 2 aromatic heterocycles.